The van der Waals surface area contributed by atoms with Gasteiger partial charge < -0.3 is 14.6 Å². The van der Waals surface area contributed by atoms with E-state index >= 15 is 0 Å². The average molecular weight is 684 g/mol. The summed E-state index contributed by atoms with van der Waals surface area (Å²) in [5.41, 5.74) is 14.4. The number of hydrogen-bond donors (Lipinski definition) is 1. The Hall–Kier alpha value is -6.83. The van der Waals surface area contributed by atoms with E-state index in [1.165, 1.54) is 22.3 Å². The summed E-state index contributed by atoms with van der Waals surface area (Å²) >= 11 is 0. The Morgan fingerprint density at radius 1 is 0.717 bits per heavy atom. The molecule has 6 aromatic rings. The van der Waals surface area contributed by atoms with Crippen molar-refractivity contribution in [2.24, 2.45) is 4.99 Å². The predicted molar refractivity (Wildman–Crippen MR) is 223 cm³/mol. The second-order valence-electron chi connectivity index (χ2n) is 13.5. The maximum atomic E-state index is 6.09. The van der Waals surface area contributed by atoms with Crippen LogP contribution < -0.4 is 10.2 Å². The Bertz CT molecular complexity index is 2630. The van der Waals surface area contributed by atoms with Gasteiger partial charge in [-0.1, -0.05) is 108 Å². The molecule has 0 spiro atoms. The maximum Gasteiger partial charge on any atom is 0.135 e. The third-order valence-corrected chi connectivity index (χ3v) is 9.99. The highest BCUT2D eigenvalue weighted by Crippen LogP contribution is 2.38. The van der Waals surface area contributed by atoms with Crippen molar-refractivity contribution in [1.82, 2.24) is 5.32 Å². The molecule has 0 bridgehead atoms. The van der Waals surface area contributed by atoms with Crippen molar-refractivity contribution < 1.29 is 4.42 Å². The smallest absolute Gasteiger partial charge is 0.135 e. The lowest BCUT2D eigenvalue weighted by molar-refractivity contribution is 0.669. The fourth-order valence-corrected chi connectivity index (χ4v) is 7.20. The monoisotopic (exact) mass is 683 g/mol. The van der Waals surface area contributed by atoms with Crippen LogP contribution in [0.2, 0.25) is 0 Å². The fraction of sp³-hybridized carbons (Fsp3) is 0.0816. The zero-order valence-electron chi connectivity index (χ0n) is 29.5. The van der Waals surface area contributed by atoms with E-state index in [1.54, 1.807) is 0 Å². The van der Waals surface area contributed by atoms with Crippen LogP contribution in [-0.4, -0.2) is 18.8 Å². The quantitative estimate of drug-likeness (QED) is 0.178. The SMILES string of the molecule is CC1=CC2NC=C(c3ccc(N(c4ccc(C5=CCC#C/C=C\CN=C5)cc4)c4ccc(-c5ccc6oc7ccccc7c6c5)cc4)cc3)C=C2C=C1. The first-order chi connectivity index (χ1) is 26.2. The van der Waals surface area contributed by atoms with Crippen molar-refractivity contribution in [2.75, 3.05) is 11.4 Å². The van der Waals surface area contributed by atoms with Gasteiger partial charge in [-0.2, -0.15) is 0 Å². The molecule has 0 saturated carbocycles. The molecule has 1 unspecified atom stereocenters. The van der Waals surface area contributed by atoms with Crippen LogP contribution in [0.25, 0.3) is 44.2 Å². The van der Waals surface area contributed by atoms with Gasteiger partial charge in [-0.3, -0.25) is 4.99 Å². The van der Waals surface area contributed by atoms with Gasteiger partial charge in [0.15, 0.2) is 0 Å². The first kappa shape index (κ1) is 32.1. The molecule has 2 aliphatic heterocycles. The normalized spacial score (nSPS) is 17.0. The van der Waals surface area contributed by atoms with Crippen molar-refractivity contribution in [3.63, 3.8) is 0 Å². The number of dihydropyridines is 1. The number of fused-ring (bicyclic) bond motifs is 4. The summed E-state index contributed by atoms with van der Waals surface area (Å²) < 4.78 is 6.09. The number of allylic oxidation sites excluding steroid dienone is 7. The Kier molecular flexibility index (Phi) is 8.52. The summed E-state index contributed by atoms with van der Waals surface area (Å²) in [5.74, 6) is 6.28. The van der Waals surface area contributed by atoms with Crippen molar-refractivity contribution in [2.45, 2.75) is 19.4 Å². The third kappa shape index (κ3) is 6.57. The van der Waals surface area contributed by atoms with Gasteiger partial charge in [0.25, 0.3) is 0 Å². The van der Waals surface area contributed by atoms with Gasteiger partial charge in [0.2, 0.25) is 0 Å². The number of benzene rings is 5. The van der Waals surface area contributed by atoms with Crippen LogP contribution in [-0.2, 0) is 0 Å². The number of hydrogen-bond acceptors (Lipinski definition) is 4. The van der Waals surface area contributed by atoms with Crippen LogP contribution in [0, 0.1) is 11.8 Å². The van der Waals surface area contributed by atoms with E-state index in [9.17, 15) is 0 Å². The number of aliphatic imine (C=N–C) groups is 1. The minimum atomic E-state index is 0.230. The summed E-state index contributed by atoms with van der Waals surface area (Å²) in [4.78, 5) is 6.91. The van der Waals surface area contributed by atoms with Crippen molar-refractivity contribution in [3.05, 3.63) is 186 Å². The summed E-state index contributed by atoms with van der Waals surface area (Å²) in [5, 5.41) is 5.83. The zero-order valence-corrected chi connectivity index (χ0v) is 29.5. The highest BCUT2D eigenvalue weighted by molar-refractivity contribution is 6.10. The first-order valence-corrected chi connectivity index (χ1v) is 18.1. The molecule has 0 saturated heterocycles. The lowest BCUT2D eigenvalue weighted by atomic mass is 9.92. The van der Waals surface area contributed by atoms with Gasteiger partial charge in [0, 0.05) is 46.7 Å². The lowest BCUT2D eigenvalue weighted by Crippen LogP contribution is -2.28. The van der Waals surface area contributed by atoms with Crippen molar-refractivity contribution in [3.8, 4) is 23.0 Å². The molecular weight excluding hydrogens is 647 g/mol. The first-order valence-electron chi connectivity index (χ1n) is 18.1. The van der Waals surface area contributed by atoms with E-state index in [0.717, 1.165) is 61.3 Å². The van der Waals surface area contributed by atoms with E-state index in [2.05, 4.69) is 174 Å². The van der Waals surface area contributed by atoms with Gasteiger partial charge in [0.1, 0.15) is 11.2 Å². The number of anilines is 3. The van der Waals surface area contributed by atoms with Gasteiger partial charge in [-0.05, 0) is 113 Å². The summed E-state index contributed by atoms with van der Waals surface area (Å²) in [7, 11) is 0. The van der Waals surface area contributed by atoms with Crippen LogP contribution in [0.4, 0.5) is 17.1 Å². The zero-order chi connectivity index (χ0) is 35.6. The Morgan fingerprint density at radius 3 is 2.17 bits per heavy atom. The minimum Gasteiger partial charge on any atom is -0.456 e. The fourth-order valence-electron chi connectivity index (χ4n) is 7.20. The number of rotatable bonds is 6. The minimum absolute atomic E-state index is 0.230. The molecule has 0 amide bonds. The average Bonchev–Trinajstić information content (AvgIpc) is 3.59. The van der Waals surface area contributed by atoms with Crippen molar-refractivity contribution >= 4 is 56.4 Å². The molecule has 254 valence electrons. The molecule has 0 fully saturated rings. The second-order valence-corrected chi connectivity index (χ2v) is 13.5. The summed E-state index contributed by atoms with van der Waals surface area (Å²) in [6.45, 7) is 2.76. The molecule has 3 heterocycles. The number of furan rings is 1. The van der Waals surface area contributed by atoms with Crippen LogP contribution >= 0.6 is 0 Å². The molecule has 1 atom stereocenters. The Balaban J connectivity index is 1.06. The molecule has 1 aliphatic carbocycles. The van der Waals surface area contributed by atoms with E-state index < -0.39 is 0 Å². The number of nitrogens with one attached hydrogen (secondary N) is 1. The highest BCUT2D eigenvalue weighted by atomic mass is 16.3. The summed E-state index contributed by atoms with van der Waals surface area (Å²) in [6.07, 6.45) is 19.7. The van der Waals surface area contributed by atoms with Gasteiger partial charge in [0.05, 0.1) is 12.6 Å². The second kappa shape index (κ2) is 14.1. The van der Waals surface area contributed by atoms with Crippen LogP contribution in [0.5, 0.6) is 0 Å². The topological polar surface area (TPSA) is 40.8 Å². The molecule has 1 N–H and O–H groups in total. The molecule has 53 heavy (non-hydrogen) atoms. The third-order valence-electron chi connectivity index (χ3n) is 9.99. The van der Waals surface area contributed by atoms with Crippen LogP contribution in [0.1, 0.15) is 24.5 Å². The van der Waals surface area contributed by atoms with Gasteiger partial charge in [-0.15, -0.1) is 0 Å². The molecule has 5 aromatic carbocycles. The van der Waals surface area contributed by atoms with Crippen molar-refractivity contribution in [1.29, 1.82) is 0 Å². The Labute approximate surface area is 310 Å². The molecule has 1 aromatic heterocycles. The number of nitrogens with zero attached hydrogens (tertiary/aromatic N) is 2. The lowest BCUT2D eigenvalue weighted by Gasteiger charge is -2.27. The molecule has 4 heteroatoms. The molecule has 4 nitrogen and oxygen atoms in total. The van der Waals surface area contributed by atoms with E-state index in [-0.39, 0.29) is 6.04 Å². The molecule has 9 rings (SSSR count). The van der Waals surface area contributed by atoms with E-state index in [0.29, 0.717) is 13.0 Å². The van der Waals surface area contributed by atoms with E-state index in [4.69, 9.17) is 4.42 Å². The Morgan fingerprint density at radius 2 is 1.40 bits per heavy atom. The van der Waals surface area contributed by atoms with Crippen LogP contribution in [0.15, 0.2) is 185 Å². The highest BCUT2D eigenvalue weighted by Gasteiger charge is 2.18. The standard InChI is InChI=1S/C49H37N3O/c1-34-12-13-39-30-41(33-51-47(39)29-34)37-18-25-44(26-19-37)52(43-23-16-36(17-24-43)40-9-5-3-2-4-8-28-50-32-40)42-21-14-35(15-22-42)38-20-27-49-46(31-38)45-10-6-7-11-48(45)53-49/h4,6-27,29-33,47,51H,5,28H2,1H3/b8-4-,40-9?,50-32?. The van der Waals surface area contributed by atoms with Crippen LogP contribution in [0.3, 0.4) is 0 Å². The molecule has 3 aliphatic rings. The van der Waals surface area contributed by atoms with Gasteiger partial charge in [-0.25, -0.2) is 0 Å². The summed E-state index contributed by atoms with van der Waals surface area (Å²) in [6, 6.07) is 41.3. The predicted octanol–water partition coefficient (Wildman–Crippen LogP) is 11.9. The van der Waals surface area contributed by atoms with Gasteiger partial charge >= 0.3 is 0 Å². The number of para-hydroxylation sites is 1. The maximum absolute atomic E-state index is 6.09. The molecule has 0 radical (unpaired) electrons. The molecular formula is C49H37N3O. The largest absolute Gasteiger partial charge is 0.456 e. The van der Waals surface area contributed by atoms with E-state index in [1.807, 2.05) is 30.5 Å².